The number of nitrogens with zero attached hydrogens (tertiary/aromatic N) is 1. The Labute approximate surface area is 58.5 Å². The van der Waals surface area contributed by atoms with Crippen LogP contribution in [0.15, 0.2) is 4.99 Å². The summed E-state index contributed by atoms with van der Waals surface area (Å²) in [6, 6.07) is -0.671. The van der Waals surface area contributed by atoms with Crippen LogP contribution in [0.3, 0.4) is 0 Å². The molecule has 4 nitrogen and oxygen atoms in total. The van der Waals surface area contributed by atoms with E-state index >= 15 is 0 Å². The van der Waals surface area contributed by atoms with Crippen molar-refractivity contribution in [3.63, 3.8) is 0 Å². The number of carboxylic acid groups (broad SMARTS) is 1. The molecule has 0 aromatic carbocycles. The first-order valence-corrected chi connectivity index (χ1v) is 3.16. The van der Waals surface area contributed by atoms with Crippen molar-refractivity contribution in [1.29, 1.82) is 0 Å². The van der Waals surface area contributed by atoms with Gasteiger partial charge in [0.1, 0.15) is 6.61 Å². The molecule has 1 aliphatic rings. The van der Waals surface area contributed by atoms with E-state index in [-0.39, 0.29) is 6.61 Å². The maximum Gasteiger partial charge on any atom is 0.332 e. The number of hydrogen-bond donors (Lipinski definition) is 1. The van der Waals surface area contributed by atoms with Crippen molar-refractivity contribution >= 4 is 11.9 Å². The third-order valence-corrected chi connectivity index (χ3v) is 1.30. The Morgan fingerprint density at radius 3 is 3.00 bits per heavy atom. The molecule has 0 bridgehead atoms. The lowest BCUT2D eigenvalue weighted by atomic mass is 10.3. The van der Waals surface area contributed by atoms with Crippen molar-refractivity contribution in [3.05, 3.63) is 0 Å². The molecule has 1 heterocycles. The normalized spacial score (nSPS) is 23.7. The summed E-state index contributed by atoms with van der Waals surface area (Å²) in [5, 5.41) is 8.44. The first-order valence-electron chi connectivity index (χ1n) is 3.16. The third-order valence-electron chi connectivity index (χ3n) is 1.30. The van der Waals surface area contributed by atoms with Gasteiger partial charge in [0.05, 0.1) is 0 Å². The first-order chi connectivity index (χ1) is 4.74. The van der Waals surface area contributed by atoms with Crippen LogP contribution >= 0.6 is 0 Å². The van der Waals surface area contributed by atoms with Gasteiger partial charge in [0.15, 0.2) is 11.9 Å². The van der Waals surface area contributed by atoms with Gasteiger partial charge < -0.3 is 9.84 Å². The van der Waals surface area contributed by atoms with Crippen LogP contribution in [0.25, 0.3) is 0 Å². The van der Waals surface area contributed by atoms with Crippen molar-refractivity contribution in [1.82, 2.24) is 0 Å². The zero-order chi connectivity index (χ0) is 7.56. The van der Waals surface area contributed by atoms with E-state index in [1.807, 2.05) is 6.92 Å². The predicted octanol–water partition coefficient (Wildman–Crippen LogP) is 0.278. The van der Waals surface area contributed by atoms with E-state index in [4.69, 9.17) is 9.84 Å². The number of hydrogen-bond acceptors (Lipinski definition) is 3. The molecule has 56 valence electrons. The van der Waals surface area contributed by atoms with Crippen LogP contribution in [0, 0.1) is 0 Å². The van der Waals surface area contributed by atoms with Crippen LogP contribution in [0.5, 0.6) is 0 Å². The highest BCUT2D eigenvalue weighted by atomic mass is 16.5. The fourth-order valence-electron chi connectivity index (χ4n) is 0.743. The lowest BCUT2D eigenvalue weighted by Gasteiger charge is -1.94. The van der Waals surface area contributed by atoms with Crippen molar-refractivity contribution in [2.45, 2.75) is 19.4 Å². The summed E-state index contributed by atoms with van der Waals surface area (Å²) in [5.41, 5.74) is 0. The molecular formula is C6H9NO3. The van der Waals surface area contributed by atoms with E-state index in [9.17, 15) is 4.79 Å². The van der Waals surface area contributed by atoms with Crippen LogP contribution in [-0.2, 0) is 9.53 Å². The lowest BCUT2D eigenvalue weighted by Crippen LogP contribution is -2.18. The Bertz CT molecular complexity index is 176. The van der Waals surface area contributed by atoms with Crippen LogP contribution < -0.4 is 0 Å². The van der Waals surface area contributed by atoms with Gasteiger partial charge in [-0.3, -0.25) is 0 Å². The molecule has 0 aliphatic carbocycles. The topological polar surface area (TPSA) is 58.9 Å². The zero-order valence-electron chi connectivity index (χ0n) is 5.70. The fraction of sp³-hybridized carbons (Fsp3) is 0.667. The average molecular weight is 143 g/mol. The summed E-state index contributed by atoms with van der Waals surface area (Å²) in [4.78, 5) is 14.1. The minimum Gasteiger partial charge on any atom is -0.480 e. The monoisotopic (exact) mass is 143 g/mol. The van der Waals surface area contributed by atoms with Gasteiger partial charge in [-0.05, 0) is 0 Å². The Morgan fingerprint density at radius 1 is 2.00 bits per heavy atom. The highest BCUT2D eigenvalue weighted by Gasteiger charge is 2.23. The SMILES string of the molecule is CCC1=NC(C(=O)O)CO1. The van der Waals surface area contributed by atoms with E-state index in [1.165, 1.54) is 0 Å². The average Bonchev–Trinajstić information content (AvgIpc) is 2.34. The van der Waals surface area contributed by atoms with Gasteiger partial charge in [-0.1, -0.05) is 6.92 Å². The van der Waals surface area contributed by atoms with Gasteiger partial charge in [0.2, 0.25) is 0 Å². The van der Waals surface area contributed by atoms with Gasteiger partial charge in [0, 0.05) is 6.42 Å². The van der Waals surface area contributed by atoms with E-state index in [2.05, 4.69) is 4.99 Å². The summed E-state index contributed by atoms with van der Waals surface area (Å²) >= 11 is 0. The molecule has 0 amide bonds. The Kier molecular flexibility index (Phi) is 1.89. The second kappa shape index (κ2) is 2.68. The summed E-state index contributed by atoms with van der Waals surface area (Å²) in [5.74, 6) is -0.365. The maximum atomic E-state index is 10.3. The number of aliphatic imine (C=N–C) groups is 1. The molecular weight excluding hydrogens is 134 g/mol. The van der Waals surface area contributed by atoms with Crippen molar-refractivity contribution in [2.24, 2.45) is 4.99 Å². The van der Waals surface area contributed by atoms with Gasteiger partial charge in [-0.25, -0.2) is 9.79 Å². The lowest BCUT2D eigenvalue weighted by molar-refractivity contribution is -0.138. The predicted molar refractivity (Wildman–Crippen MR) is 35.1 cm³/mol. The largest absolute Gasteiger partial charge is 0.480 e. The molecule has 1 aliphatic heterocycles. The Balaban J connectivity index is 2.55. The van der Waals surface area contributed by atoms with E-state index in [1.54, 1.807) is 0 Å². The number of ether oxygens (including phenoxy) is 1. The minimum atomic E-state index is -0.913. The molecule has 0 aromatic heterocycles. The van der Waals surface area contributed by atoms with Gasteiger partial charge in [0.25, 0.3) is 0 Å². The molecule has 0 fully saturated rings. The highest BCUT2D eigenvalue weighted by Crippen LogP contribution is 2.06. The third kappa shape index (κ3) is 1.26. The standard InChI is InChI=1S/C6H9NO3/c1-2-5-7-4(3-10-5)6(8)9/h4H,2-3H2,1H3,(H,8,9). The van der Waals surface area contributed by atoms with E-state index < -0.39 is 12.0 Å². The van der Waals surface area contributed by atoms with Crippen molar-refractivity contribution < 1.29 is 14.6 Å². The quantitative estimate of drug-likeness (QED) is 0.604. The van der Waals surface area contributed by atoms with Gasteiger partial charge in [-0.15, -0.1) is 0 Å². The Morgan fingerprint density at radius 2 is 2.70 bits per heavy atom. The van der Waals surface area contributed by atoms with Crippen LogP contribution in [0.1, 0.15) is 13.3 Å². The summed E-state index contributed by atoms with van der Waals surface area (Å²) < 4.78 is 4.95. The Hall–Kier alpha value is -1.06. The second-order valence-corrected chi connectivity index (χ2v) is 2.04. The summed E-state index contributed by atoms with van der Waals surface area (Å²) in [6.07, 6.45) is 0.670. The maximum absolute atomic E-state index is 10.3. The molecule has 0 saturated carbocycles. The van der Waals surface area contributed by atoms with Gasteiger partial charge >= 0.3 is 5.97 Å². The molecule has 1 atom stereocenters. The highest BCUT2D eigenvalue weighted by molar-refractivity contribution is 5.84. The molecule has 1 N–H and O–H groups in total. The number of carboxylic acids is 1. The molecule has 1 unspecified atom stereocenters. The first kappa shape index (κ1) is 7.05. The molecule has 0 spiro atoms. The molecule has 1 rings (SSSR count). The molecule has 4 heteroatoms. The molecule has 10 heavy (non-hydrogen) atoms. The van der Waals surface area contributed by atoms with Crippen LogP contribution in [-0.4, -0.2) is 29.6 Å². The van der Waals surface area contributed by atoms with Crippen LogP contribution in [0.4, 0.5) is 0 Å². The number of carbonyl (C=O) groups is 1. The minimum absolute atomic E-state index is 0.193. The molecule has 0 saturated heterocycles. The fourth-order valence-corrected chi connectivity index (χ4v) is 0.743. The molecule has 0 aromatic rings. The van der Waals surface area contributed by atoms with E-state index in [0.717, 1.165) is 0 Å². The zero-order valence-corrected chi connectivity index (χ0v) is 5.70. The van der Waals surface area contributed by atoms with Crippen molar-refractivity contribution in [3.8, 4) is 0 Å². The summed E-state index contributed by atoms with van der Waals surface area (Å²) in [7, 11) is 0. The molecule has 0 radical (unpaired) electrons. The second-order valence-electron chi connectivity index (χ2n) is 2.04. The summed E-state index contributed by atoms with van der Waals surface area (Å²) in [6.45, 7) is 2.07. The van der Waals surface area contributed by atoms with Gasteiger partial charge in [-0.2, -0.15) is 0 Å². The van der Waals surface area contributed by atoms with Crippen LogP contribution in [0.2, 0.25) is 0 Å². The number of rotatable bonds is 2. The number of aliphatic carboxylic acids is 1. The van der Waals surface area contributed by atoms with Crippen molar-refractivity contribution in [2.75, 3.05) is 6.61 Å². The van der Waals surface area contributed by atoms with E-state index in [0.29, 0.717) is 12.3 Å². The smallest absolute Gasteiger partial charge is 0.332 e.